The van der Waals surface area contributed by atoms with Gasteiger partial charge in [-0.05, 0) is 50.1 Å². The van der Waals surface area contributed by atoms with Gasteiger partial charge in [0.15, 0.2) is 5.82 Å². The van der Waals surface area contributed by atoms with Gasteiger partial charge < -0.3 is 5.11 Å². The van der Waals surface area contributed by atoms with E-state index in [1.807, 2.05) is 45.0 Å². The average molecular weight is 405 g/mol. The second kappa shape index (κ2) is 7.72. The molecule has 0 atom stereocenters. The smallest absolute Gasteiger partial charge is 0.350 e. The maximum absolute atomic E-state index is 13.2. The van der Waals surface area contributed by atoms with Gasteiger partial charge in [-0.15, -0.1) is 5.10 Å². The first kappa shape index (κ1) is 19.8. The zero-order valence-corrected chi connectivity index (χ0v) is 17.2. The molecule has 0 aliphatic rings. The molecule has 2 heterocycles. The van der Waals surface area contributed by atoms with Gasteiger partial charge in [0.2, 0.25) is 0 Å². The highest BCUT2D eigenvalue weighted by Crippen LogP contribution is 2.20. The molecule has 0 fully saturated rings. The lowest BCUT2D eigenvalue weighted by Gasteiger charge is -2.12. The van der Waals surface area contributed by atoms with E-state index in [2.05, 4.69) is 10.2 Å². The summed E-state index contributed by atoms with van der Waals surface area (Å²) in [6.45, 7) is 5.82. The predicted molar refractivity (Wildman–Crippen MR) is 114 cm³/mol. The molecule has 0 saturated heterocycles. The molecule has 4 aromatic rings. The zero-order chi connectivity index (χ0) is 21.4. The maximum Gasteiger partial charge on any atom is 0.350 e. The van der Waals surface area contributed by atoms with Crippen molar-refractivity contribution in [1.29, 1.82) is 0 Å². The molecule has 2 aromatic heterocycles. The number of hydrogen-bond acceptors (Lipinski definition) is 5. The van der Waals surface area contributed by atoms with Gasteiger partial charge in [-0.3, -0.25) is 9.36 Å². The standard InChI is InChI=1S/C22H23N5O3/c1-4-18-17-12-15(26-22(30)25(5-2)20(13-28)24-26)10-11-16(17)21(29)27(23-18)19-9-7-6-8-14(19)3/h6-12,28H,4-5,13H2,1-3H3. The highest BCUT2D eigenvalue weighted by molar-refractivity contribution is 5.85. The van der Waals surface area contributed by atoms with Crippen molar-refractivity contribution in [3.05, 3.63) is 80.4 Å². The average Bonchev–Trinajstić information content (AvgIpc) is 3.10. The molecule has 154 valence electrons. The number of benzene rings is 2. The van der Waals surface area contributed by atoms with Gasteiger partial charge in [-0.2, -0.15) is 14.5 Å². The van der Waals surface area contributed by atoms with E-state index >= 15 is 0 Å². The van der Waals surface area contributed by atoms with Gasteiger partial charge in [0.1, 0.15) is 6.61 Å². The number of fused-ring (bicyclic) bond motifs is 1. The number of para-hydroxylation sites is 1. The summed E-state index contributed by atoms with van der Waals surface area (Å²) >= 11 is 0. The van der Waals surface area contributed by atoms with E-state index in [1.165, 1.54) is 13.9 Å². The Balaban J connectivity index is 1.97. The molecule has 0 amide bonds. The van der Waals surface area contributed by atoms with E-state index < -0.39 is 0 Å². The molecule has 8 heteroatoms. The molecule has 8 nitrogen and oxygen atoms in total. The maximum atomic E-state index is 13.2. The Kier molecular flexibility index (Phi) is 5.09. The Morgan fingerprint density at radius 1 is 0.967 bits per heavy atom. The van der Waals surface area contributed by atoms with Crippen molar-refractivity contribution in [1.82, 2.24) is 24.1 Å². The summed E-state index contributed by atoms with van der Waals surface area (Å²) in [4.78, 5) is 25.9. The van der Waals surface area contributed by atoms with E-state index in [9.17, 15) is 14.7 Å². The Bertz CT molecular complexity index is 1360. The Hall–Kier alpha value is -3.52. The lowest BCUT2D eigenvalue weighted by Crippen LogP contribution is -2.25. The summed E-state index contributed by atoms with van der Waals surface area (Å²) in [7, 11) is 0. The minimum atomic E-state index is -0.333. The molecule has 4 rings (SSSR count). The molecule has 0 aliphatic carbocycles. The van der Waals surface area contributed by atoms with Crippen molar-refractivity contribution in [3.63, 3.8) is 0 Å². The third-order valence-corrected chi connectivity index (χ3v) is 5.28. The molecule has 0 radical (unpaired) electrons. The second-order valence-electron chi connectivity index (χ2n) is 7.05. The topological polar surface area (TPSA) is 94.9 Å². The molecule has 0 unspecified atom stereocenters. The van der Waals surface area contributed by atoms with Crippen LogP contribution < -0.4 is 11.2 Å². The van der Waals surface area contributed by atoms with E-state index in [-0.39, 0.29) is 17.9 Å². The first-order valence-corrected chi connectivity index (χ1v) is 9.92. The lowest BCUT2D eigenvalue weighted by molar-refractivity contribution is 0.264. The predicted octanol–water partition coefficient (Wildman–Crippen LogP) is 2.12. The van der Waals surface area contributed by atoms with Crippen molar-refractivity contribution in [2.45, 2.75) is 40.3 Å². The minimum absolute atomic E-state index is 0.217. The first-order valence-electron chi connectivity index (χ1n) is 9.92. The number of hydrogen-bond donors (Lipinski definition) is 1. The van der Waals surface area contributed by atoms with Crippen LogP contribution in [0.3, 0.4) is 0 Å². The molecule has 0 spiro atoms. The minimum Gasteiger partial charge on any atom is -0.388 e. The fourth-order valence-corrected chi connectivity index (χ4v) is 3.69. The van der Waals surface area contributed by atoms with Gasteiger partial charge in [0, 0.05) is 11.9 Å². The van der Waals surface area contributed by atoms with E-state index in [4.69, 9.17) is 0 Å². The van der Waals surface area contributed by atoms with E-state index in [1.54, 1.807) is 18.2 Å². The van der Waals surface area contributed by atoms with E-state index in [0.717, 1.165) is 16.9 Å². The summed E-state index contributed by atoms with van der Waals surface area (Å²) in [6, 6.07) is 12.8. The van der Waals surface area contributed by atoms with Crippen LogP contribution in [0.5, 0.6) is 0 Å². The van der Waals surface area contributed by atoms with Crippen molar-refractivity contribution in [3.8, 4) is 11.4 Å². The lowest BCUT2D eigenvalue weighted by atomic mass is 10.1. The Morgan fingerprint density at radius 3 is 2.37 bits per heavy atom. The van der Waals surface area contributed by atoms with Crippen LogP contribution in [-0.4, -0.2) is 29.2 Å². The summed E-state index contributed by atoms with van der Waals surface area (Å²) in [5.74, 6) is 0.298. The van der Waals surface area contributed by atoms with E-state index in [0.29, 0.717) is 35.2 Å². The van der Waals surface area contributed by atoms with Crippen LogP contribution in [0.25, 0.3) is 22.1 Å². The SMILES string of the molecule is CCc1nn(-c2ccccc2C)c(=O)c2ccc(-n3nc(CO)n(CC)c3=O)cc12. The van der Waals surface area contributed by atoms with Crippen molar-refractivity contribution >= 4 is 10.8 Å². The largest absolute Gasteiger partial charge is 0.388 e. The van der Waals surface area contributed by atoms with Gasteiger partial charge in [-0.25, -0.2) is 4.79 Å². The second-order valence-corrected chi connectivity index (χ2v) is 7.05. The first-order chi connectivity index (χ1) is 14.5. The van der Waals surface area contributed by atoms with Crippen LogP contribution in [0.1, 0.15) is 30.9 Å². The number of aliphatic hydroxyl groups excluding tert-OH is 1. The van der Waals surface area contributed by atoms with Gasteiger partial charge in [-0.1, -0.05) is 25.1 Å². The van der Waals surface area contributed by atoms with Crippen molar-refractivity contribution in [2.24, 2.45) is 0 Å². The molecule has 1 N–H and O–H groups in total. The summed E-state index contributed by atoms with van der Waals surface area (Å²) in [5, 5.41) is 19.6. The Labute approximate surface area is 172 Å². The number of aryl methyl sites for hydroxylation is 2. The number of aromatic nitrogens is 5. The summed E-state index contributed by atoms with van der Waals surface area (Å²) in [6.07, 6.45) is 0.617. The highest BCUT2D eigenvalue weighted by Gasteiger charge is 2.16. The van der Waals surface area contributed by atoms with Crippen molar-refractivity contribution in [2.75, 3.05) is 0 Å². The monoisotopic (exact) mass is 405 g/mol. The van der Waals surface area contributed by atoms with Crippen LogP contribution >= 0.6 is 0 Å². The van der Waals surface area contributed by atoms with Gasteiger partial charge in [0.25, 0.3) is 5.56 Å². The van der Waals surface area contributed by atoms with Gasteiger partial charge >= 0.3 is 5.69 Å². The fraction of sp³-hybridized carbons (Fsp3) is 0.273. The van der Waals surface area contributed by atoms with Crippen LogP contribution in [-0.2, 0) is 19.6 Å². The molecule has 0 saturated carbocycles. The quantitative estimate of drug-likeness (QED) is 0.549. The Morgan fingerprint density at radius 2 is 1.73 bits per heavy atom. The summed E-state index contributed by atoms with van der Waals surface area (Å²) in [5.41, 5.74) is 2.43. The molecule has 2 aromatic carbocycles. The van der Waals surface area contributed by atoms with Crippen LogP contribution in [0.15, 0.2) is 52.1 Å². The number of rotatable bonds is 5. The van der Waals surface area contributed by atoms with Crippen LogP contribution in [0.4, 0.5) is 0 Å². The van der Waals surface area contributed by atoms with Crippen LogP contribution in [0.2, 0.25) is 0 Å². The molecule has 30 heavy (non-hydrogen) atoms. The fourth-order valence-electron chi connectivity index (χ4n) is 3.69. The summed E-state index contributed by atoms with van der Waals surface area (Å²) < 4.78 is 4.11. The third-order valence-electron chi connectivity index (χ3n) is 5.28. The molecular formula is C22H23N5O3. The number of nitrogens with zero attached hydrogens (tertiary/aromatic N) is 5. The zero-order valence-electron chi connectivity index (χ0n) is 17.2. The number of aliphatic hydroxyl groups is 1. The van der Waals surface area contributed by atoms with Gasteiger partial charge in [0.05, 0.1) is 22.5 Å². The van der Waals surface area contributed by atoms with Crippen molar-refractivity contribution < 1.29 is 5.11 Å². The molecular weight excluding hydrogens is 382 g/mol. The van der Waals surface area contributed by atoms with Crippen LogP contribution in [0, 0.1) is 6.92 Å². The molecule has 0 bridgehead atoms. The highest BCUT2D eigenvalue weighted by atomic mass is 16.3. The molecule has 0 aliphatic heterocycles. The third kappa shape index (κ3) is 3.05. The normalized spacial score (nSPS) is 11.3.